The minimum absolute atomic E-state index is 0.0378. The van der Waals surface area contributed by atoms with Gasteiger partial charge in [-0.15, -0.1) is 0 Å². The van der Waals surface area contributed by atoms with Crippen LogP contribution in [0.25, 0.3) is 0 Å². The fraction of sp³-hybridized carbons (Fsp3) is 0.929. The molecule has 2 aliphatic rings. The Morgan fingerprint density at radius 1 is 1.24 bits per heavy atom. The minimum atomic E-state index is -4.13. The first-order valence-electron chi connectivity index (χ1n) is 7.52. The molecular weight excluding hydrogens is 285 g/mol. The summed E-state index contributed by atoms with van der Waals surface area (Å²) in [6.07, 6.45) is -3.64. The Morgan fingerprint density at radius 3 is 2.38 bits per heavy atom. The first-order chi connectivity index (χ1) is 9.81. The summed E-state index contributed by atoms with van der Waals surface area (Å²) in [6, 6.07) is 0. The third-order valence-electron chi connectivity index (χ3n) is 4.44. The van der Waals surface area contributed by atoms with Crippen LogP contribution >= 0.6 is 0 Å². The highest BCUT2D eigenvalue weighted by molar-refractivity contribution is 5.79. The Labute approximate surface area is 122 Å². The molecule has 0 aromatic carbocycles. The summed E-state index contributed by atoms with van der Waals surface area (Å²) in [5.74, 6) is -1.57. The van der Waals surface area contributed by atoms with E-state index in [1.54, 1.807) is 4.90 Å². The summed E-state index contributed by atoms with van der Waals surface area (Å²) in [5, 5.41) is 0. The summed E-state index contributed by atoms with van der Waals surface area (Å²) in [7, 11) is 0. The number of carbonyl (C=O) groups is 1. The molecule has 0 aromatic rings. The second kappa shape index (κ2) is 6.52. The molecule has 1 saturated heterocycles. The summed E-state index contributed by atoms with van der Waals surface area (Å²) in [5.41, 5.74) is 5.58. The highest BCUT2D eigenvalue weighted by atomic mass is 19.4. The van der Waals surface area contributed by atoms with Crippen molar-refractivity contribution in [3.05, 3.63) is 0 Å². The number of carbonyl (C=O) groups excluding carboxylic acids is 1. The van der Waals surface area contributed by atoms with Crippen LogP contribution in [0.5, 0.6) is 0 Å². The van der Waals surface area contributed by atoms with Crippen molar-refractivity contribution in [3.63, 3.8) is 0 Å². The van der Waals surface area contributed by atoms with Gasteiger partial charge in [-0.2, -0.15) is 13.2 Å². The van der Waals surface area contributed by atoms with Gasteiger partial charge in [-0.3, -0.25) is 4.79 Å². The van der Waals surface area contributed by atoms with Crippen LogP contribution in [-0.4, -0.2) is 48.8 Å². The van der Waals surface area contributed by atoms with Gasteiger partial charge in [0.25, 0.3) is 0 Å². The highest BCUT2D eigenvalue weighted by Crippen LogP contribution is 2.40. The van der Waals surface area contributed by atoms with Gasteiger partial charge in [-0.25, -0.2) is 0 Å². The summed E-state index contributed by atoms with van der Waals surface area (Å²) >= 11 is 0. The van der Waals surface area contributed by atoms with Gasteiger partial charge in [-0.05, 0) is 32.6 Å². The van der Waals surface area contributed by atoms with Crippen LogP contribution in [-0.2, 0) is 9.53 Å². The van der Waals surface area contributed by atoms with E-state index in [0.717, 1.165) is 0 Å². The molecule has 0 bridgehead atoms. The van der Waals surface area contributed by atoms with Crippen molar-refractivity contribution >= 4 is 5.91 Å². The van der Waals surface area contributed by atoms with Gasteiger partial charge in [0, 0.05) is 25.6 Å². The maximum atomic E-state index is 12.6. The smallest absolute Gasteiger partial charge is 0.370 e. The number of hydrogen-bond acceptors (Lipinski definition) is 3. The van der Waals surface area contributed by atoms with Gasteiger partial charge < -0.3 is 15.4 Å². The molecule has 1 amide bonds. The normalized spacial score (nSPS) is 34.8. The number of ether oxygens (including phenoxy) is 1. The molecular formula is C14H23F3N2O2. The molecule has 2 fully saturated rings. The molecule has 1 saturated carbocycles. The lowest BCUT2D eigenvalue weighted by atomic mass is 9.81. The van der Waals surface area contributed by atoms with E-state index in [0.29, 0.717) is 32.5 Å². The summed E-state index contributed by atoms with van der Waals surface area (Å²) in [6.45, 7) is 3.16. The number of hydrogen-bond donors (Lipinski definition) is 1. The molecule has 0 radical (unpaired) electrons. The number of rotatable bonds is 2. The number of halogens is 3. The predicted octanol–water partition coefficient (Wildman–Crippen LogP) is 1.93. The van der Waals surface area contributed by atoms with E-state index in [9.17, 15) is 18.0 Å². The third kappa shape index (κ3) is 4.10. The fourth-order valence-electron chi connectivity index (χ4n) is 3.28. The van der Waals surface area contributed by atoms with E-state index in [1.165, 1.54) is 0 Å². The molecule has 4 nitrogen and oxygen atoms in total. The zero-order valence-corrected chi connectivity index (χ0v) is 12.2. The topological polar surface area (TPSA) is 55.6 Å². The molecule has 2 rings (SSSR count). The van der Waals surface area contributed by atoms with Crippen LogP contribution in [0.3, 0.4) is 0 Å². The number of nitrogens with two attached hydrogens (primary N) is 1. The number of amides is 1. The SMILES string of the molecule is CC1CN(C(=O)C2CCC(C(F)(F)F)CC2)CC(CN)O1. The van der Waals surface area contributed by atoms with E-state index >= 15 is 0 Å². The van der Waals surface area contributed by atoms with Gasteiger partial charge in [0.05, 0.1) is 18.1 Å². The Balaban J connectivity index is 1.89. The third-order valence-corrected chi connectivity index (χ3v) is 4.44. The maximum Gasteiger partial charge on any atom is 0.391 e. The molecule has 1 heterocycles. The summed E-state index contributed by atoms with van der Waals surface area (Å²) in [4.78, 5) is 14.2. The molecule has 1 aliphatic carbocycles. The van der Waals surface area contributed by atoms with Crippen LogP contribution in [0.1, 0.15) is 32.6 Å². The van der Waals surface area contributed by atoms with Crippen LogP contribution in [0.2, 0.25) is 0 Å². The Morgan fingerprint density at radius 2 is 1.86 bits per heavy atom. The monoisotopic (exact) mass is 308 g/mol. The van der Waals surface area contributed by atoms with Crippen molar-refractivity contribution in [1.82, 2.24) is 4.90 Å². The van der Waals surface area contributed by atoms with Crippen molar-refractivity contribution in [2.24, 2.45) is 17.6 Å². The van der Waals surface area contributed by atoms with Crippen molar-refractivity contribution in [2.45, 2.75) is 51.0 Å². The van der Waals surface area contributed by atoms with Crippen LogP contribution in [0.15, 0.2) is 0 Å². The van der Waals surface area contributed by atoms with Gasteiger partial charge in [0.2, 0.25) is 5.91 Å². The van der Waals surface area contributed by atoms with Gasteiger partial charge in [-0.1, -0.05) is 0 Å². The number of nitrogens with zero attached hydrogens (tertiary/aromatic N) is 1. The van der Waals surface area contributed by atoms with Crippen molar-refractivity contribution in [1.29, 1.82) is 0 Å². The van der Waals surface area contributed by atoms with Gasteiger partial charge in [0.15, 0.2) is 0 Å². The van der Waals surface area contributed by atoms with E-state index in [-0.39, 0.29) is 36.9 Å². The van der Waals surface area contributed by atoms with E-state index in [1.807, 2.05) is 6.92 Å². The van der Waals surface area contributed by atoms with Crippen molar-refractivity contribution < 1.29 is 22.7 Å². The molecule has 7 heteroatoms. The van der Waals surface area contributed by atoms with E-state index in [4.69, 9.17) is 10.5 Å². The molecule has 0 spiro atoms. The standard InChI is InChI=1S/C14H23F3N2O2/c1-9-7-19(8-12(6-18)21-9)13(20)10-2-4-11(5-3-10)14(15,16)17/h9-12H,2-8,18H2,1H3. The maximum absolute atomic E-state index is 12.6. The van der Waals surface area contributed by atoms with Crippen LogP contribution in [0, 0.1) is 11.8 Å². The van der Waals surface area contributed by atoms with Gasteiger partial charge >= 0.3 is 6.18 Å². The van der Waals surface area contributed by atoms with Crippen molar-refractivity contribution in [2.75, 3.05) is 19.6 Å². The molecule has 2 N–H and O–H groups in total. The molecule has 2 unspecified atom stereocenters. The fourth-order valence-corrected chi connectivity index (χ4v) is 3.28. The van der Waals surface area contributed by atoms with Gasteiger partial charge in [0.1, 0.15) is 0 Å². The lowest BCUT2D eigenvalue weighted by Crippen LogP contribution is -2.53. The Hall–Kier alpha value is -0.820. The summed E-state index contributed by atoms with van der Waals surface area (Å²) < 4.78 is 43.5. The Bertz CT molecular complexity index is 368. The number of alkyl halides is 3. The van der Waals surface area contributed by atoms with Crippen LogP contribution in [0.4, 0.5) is 13.2 Å². The largest absolute Gasteiger partial charge is 0.391 e. The Kier molecular flexibility index (Phi) is 5.14. The molecule has 122 valence electrons. The molecule has 2 atom stereocenters. The average molecular weight is 308 g/mol. The molecule has 21 heavy (non-hydrogen) atoms. The van der Waals surface area contributed by atoms with E-state index < -0.39 is 12.1 Å². The molecule has 1 aliphatic heterocycles. The minimum Gasteiger partial charge on any atom is -0.370 e. The zero-order valence-electron chi connectivity index (χ0n) is 12.2. The first kappa shape index (κ1) is 16.5. The lowest BCUT2D eigenvalue weighted by Gasteiger charge is -2.39. The first-order valence-corrected chi connectivity index (χ1v) is 7.52. The van der Waals surface area contributed by atoms with Crippen LogP contribution < -0.4 is 5.73 Å². The molecule has 0 aromatic heterocycles. The average Bonchev–Trinajstić information content (AvgIpc) is 2.45. The predicted molar refractivity (Wildman–Crippen MR) is 71.5 cm³/mol. The highest BCUT2D eigenvalue weighted by Gasteiger charge is 2.43. The number of morpholine rings is 1. The van der Waals surface area contributed by atoms with E-state index in [2.05, 4.69) is 0 Å². The second-order valence-corrected chi connectivity index (χ2v) is 6.14. The lowest BCUT2D eigenvalue weighted by molar-refractivity contribution is -0.186. The zero-order chi connectivity index (χ0) is 15.6. The van der Waals surface area contributed by atoms with Crippen molar-refractivity contribution in [3.8, 4) is 0 Å². The second-order valence-electron chi connectivity index (χ2n) is 6.14. The quantitative estimate of drug-likeness (QED) is 0.848.